The van der Waals surface area contributed by atoms with Crippen LogP contribution in [0.1, 0.15) is 18.9 Å². The van der Waals surface area contributed by atoms with Gasteiger partial charge in [0.1, 0.15) is 0 Å². The maximum atomic E-state index is 8.94. The highest BCUT2D eigenvalue weighted by atomic mass is 16.3. The number of aliphatic hydroxyl groups excluding tert-OH is 1. The Morgan fingerprint density at radius 1 is 1.27 bits per heavy atom. The van der Waals surface area contributed by atoms with Gasteiger partial charge < -0.3 is 5.11 Å². The van der Waals surface area contributed by atoms with E-state index < -0.39 is 0 Å². The molecule has 0 aliphatic heterocycles. The van der Waals surface area contributed by atoms with Gasteiger partial charge in [-0.25, -0.2) is 0 Å². The van der Waals surface area contributed by atoms with Crippen LogP contribution in [0.2, 0.25) is 0 Å². The third-order valence-electron chi connectivity index (χ3n) is 1.80. The second-order valence-corrected chi connectivity index (χ2v) is 2.48. The standard InChI is InChI=1S/C10H13O/c1-2-9(8-11)10-6-4-3-5-7-10/h3-7,11H,2,8H2,1H3. The van der Waals surface area contributed by atoms with Gasteiger partial charge in [-0.2, -0.15) is 0 Å². The van der Waals surface area contributed by atoms with E-state index in [1.54, 1.807) is 0 Å². The molecule has 0 heterocycles. The molecule has 0 saturated heterocycles. The molecule has 1 aromatic carbocycles. The lowest BCUT2D eigenvalue weighted by atomic mass is 9.98. The summed E-state index contributed by atoms with van der Waals surface area (Å²) in [4.78, 5) is 0. The lowest BCUT2D eigenvalue weighted by Gasteiger charge is -2.09. The van der Waals surface area contributed by atoms with E-state index in [0.717, 1.165) is 17.9 Å². The number of hydrogen-bond donors (Lipinski definition) is 1. The number of hydrogen-bond acceptors (Lipinski definition) is 1. The maximum Gasteiger partial charge on any atom is 0.0537 e. The van der Waals surface area contributed by atoms with E-state index in [9.17, 15) is 0 Å². The molecule has 1 aromatic rings. The van der Waals surface area contributed by atoms with E-state index in [1.165, 1.54) is 0 Å². The zero-order valence-corrected chi connectivity index (χ0v) is 6.75. The minimum absolute atomic E-state index is 0.167. The molecule has 1 N–H and O–H groups in total. The van der Waals surface area contributed by atoms with Crippen molar-refractivity contribution < 1.29 is 5.11 Å². The Labute approximate surface area is 67.7 Å². The molecular weight excluding hydrogens is 136 g/mol. The van der Waals surface area contributed by atoms with Gasteiger partial charge in [-0.05, 0) is 12.0 Å². The highest BCUT2D eigenvalue weighted by molar-refractivity contribution is 5.29. The van der Waals surface area contributed by atoms with Crippen LogP contribution in [0.5, 0.6) is 0 Å². The summed E-state index contributed by atoms with van der Waals surface area (Å²) in [5.74, 6) is 1.10. The van der Waals surface area contributed by atoms with E-state index >= 15 is 0 Å². The lowest BCUT2D eigenvalue weighted by Crippen LogP contribution is -2.02. The van der Waals surface area contributed by atoms with Crippen molar-refractivity contribution in [3.05, 3.63) is 41.8 Å². The molecule has 0 aromatic heterocycles. The molecule has 0 atom stereocenters. The first-order valence-electron chi connectivity index (χ1n) is 3.89. The molecule has 0 saturated carbocycles. The summed E-state index contributed by atoms with van der Waals surface area (Å²) in [7, 11) is 0. The summed E-state index contributed by atoms with van der Waals surface area (Å²) in [6, 6.07) is 10.00. The molecule has 59 valence electrons. The average molecular weight is 149 g/mol. The summed E-state index contributed by atoms with van der Waals surface area (Å²) in [5.41, 5.74) is 1.15. The van der Waals surface area contributed by atoms with Crippen LogP contribution in [-0.4, -0.2) is 11.7 Å². The molecular formula is C10H13O. The van der Waals surface area contributed by atoms with Gasteiger partial charge in [0, 0.05) is 5.92 Å². The van der Waals surface area contributed by atoms with Crippen LogP contribution in [0.3, 0.4) is 0 Å². The first-order chi connectivity index (χ1) is 5.38. The number of benzene rings is 1. The van der Waals surface area contributed by atoms with Crippen LogP contribution < -0.4 is 0 Å². The predicted molar refractivity (Wildman–Crippen MR) is 46.2 cm³/mol. The van der Waals surface area contributed by atoms with Gasteiger partial charge in [0.05, 0.1) is 6.61 Å². The van der Waals surface area contributed by atoms with Crippen molar-refractivity contribution in [3.8, 4) is 0 Å². The van der Waals surface area contributed by atoms with Crippen molar-refractivity contribution in [3.63, 3.8) is 0 Å². The maximum absolute atomic E-state index is 8.94. The number of aliphatic hydroxyl groups is 1. The fraction of sp³-hybridized carbons (Fsp3) is 0.300. The van der Waals surface area contributed by atoms with Crippen LogP contribution in [-0.2, 0) is 0 Å². The second kappa shape index (κ2) is 4.14. The minimum atomic E-state index is 0.167. The van der Waals surface area contributed by atoms with Crippen molar-refractivity contribution >= 4 is 0 Å². The molecule has 0 fully saturated rings. The van der Waals surface area contributed by atoms with Crippen molar-refractivity contribution in [2.45, 2.75) is 13.3 Å². The summed E-state index contributed by atoms with van der Waals surface area (Å²) in [5, 5.41) is 8.94. The topological polar surface area (TPSA) is 20.2 Å². The van der Waals surface area contributed by atoms with Crippen LogP contribution in [0, 0.1) is 5.92 Å². The highest BCUT2D eigenvalue weighted by Gasteiger charge is 2.06. The zero-order valence-electron chi connectivity index (χ0n) is 6.75. The summed E-state index contributed by atoms with van der Waals surface area (Å²) in [6.45, 7) is 2.22. The summed E-state index contributed by atoms with van der Waals surface area (Å²) >= 11 is 0. The Hall–Kier alpha value is -0.820. The molecule has 1 nitrogen and oxygen atoms in total. The fourth-order valence-corrected chi connectivity index (χ4v) is 1.08. The van der Waals surface area contributed by atoms with Gasteiger partial charge in [-0.1, -0.05) is 37.3 Å². The van der Waals surface area contributed by atoms with E-state index in [-0.39, 0.29) is 6.61 Å². The Balaban J connectivity index is 2.74. The first-order valence-corrected chi connectivity index (χ1v) is 3.89. The summed E-state index contributed by atoms with van der Waals surface area (Å²) in [6.07, 6.45) is 0.917. The minimum Gasteiger partial charge on any atom is -0.395 e. The van der Waals surface area contributed by atoms with E-state index in [2.05, 4.69) is 6.92 Å². The monoisotopic (exact) mass is 149 g/mol. The summed E-state index contributed by atoms with van der Waals surface area (Å²) < 4.78 is 0. The van der Waals surface area contributed by atoms with Gasteiger partial charge in [0.25, 0.3) is 0 Å². The van der Waals surface area contributed by atoms with E-state index in [0.29, 0.717) is 0 Å². The molecule has 0 amide bonds. The van der Waals surface area contributed by atoms with Crippen molar-refractivity contribution in [1.29, 1.82) is 0 Å². The molecule has 1 radical (unpaired) electrons. The van der Waals surface area contributed by atoms with E-state index in [4.69, 9.17) is 5.11 Å². The Morgan fingerprint density at radius 3 is 2.36 bits per heavy atom. The first kappa shape index (κ1) is 8.28. The smallest absolute Gasteiger partial charge is 0.0537 e. The van der Waals surface area contributed by atoms with Gasteiger partial charge in [0.15, 0.2) is 0 Å². The van der Waals surface area contributed by atoms with Gasteiger partial charge in [-0.15, -0.1) is 0 Å². The Morgan fingerprint density at radius 2 is 1.91 bits per heavy atom. The predicted octanol–water partition coefficient (Wildman–Crippen LogP) is 2.01. The molecule has 11 heavy (non-hydrogen) atoms. The third kappa shape index (κ3) is 2.05. The molecule has 0 unspecified atom stereocenters. The Bertz CT molecular complexity index is 189. The zero-order chi connectivity index (χ0) is 8.10. The Kier molecular flexibility index (Phi) is 3.12. The largest absolute Gasteiger partial charge is 0.395 e. The van der Waals surface area contributed by atoms with Crippen molar-refractivity contribution in [2.24, 2.45) is 0 Å². The van der Waals surface area contributed by atoms with E-state index in [1.807, 2.05) is 30.3 Å². The second-order valence-electron chi connectivity index (χ2n) is 2.48. The normalized spacial score (nSPS) is 10.5. The van der Waals surface area contributed by atoms with Gasteiger partial charge in [0.2, 0.25) is 0 Å². The molecule has 0 spiro atoms. The van der Waals surface area contributed by atoms with Crippen LogP contribution >= 0.6 is 0 Å². The quantitative estimate of drug-likeness (QED) is 0.697. The van der Waals surface area contributed by atoms with Crippen LogP contribution in [0.4, 0.5) is 0 Å². The lowest BCUT2D eigenvalue weighted by molar-refractivity contribution is 0.309. The molecule has 0 aliphatic rings. The van der Waals surface area contributed by atoms with Crippen molar-refractivity contribution in [1.82, 2.24) is 0 Å². The molecule has 0 aliphatic carbocycles. The van der Waals surface area contributed by atoms with Crippen LogP contribution in [0.25, 0.3) is 0 Å². The molecule has 1 rings (SSSR count). The fourth-order valence-electron chi connectivity index (χ4n) is 1.08. The number of rotatable bonds is 3. The van der Waals surface area contributed by atoms with Gasteiger partial charge in [-0.3, -0.25) is 0 Å². The average Bonchev–Trinajstić information content (AvgIpc) is 2.09. The van der Waals surface area contributed by atoms with Crippen LogP contribution in [0.15, 0.2) is 30.3 Å². The molecule has 0 bridgehead atoms. The van der Waals surface area contributed by atoms with Crippen molar-refractivity contribution in [2.75, 3.05) is 6.61 Å². The SMILES string of the molecule is CC[C](CO)c1ccccc1. The molecule has 1 heteroatoms. The third-order valence-corrected chi connectivity index (χ3v) is 1.80. The highest BCUT2D eigenvalue weighted by Crippen LogP contribution is 2.16. The van der Waals surface area contributed by atoms with Gasteiger partial charge >= 0.3 is 0 Å².